The number of hydrogen-bond donors (Lipinski definition) is 1. The van der Waals surface area contributed by atoms with Gasteiger partial charge in [-0.3, -0.25) is 0 Å². The minimum Gasteiger partial charge on any atom is -0.331 e. The van der Waals surface area contributed by atoms with Crippen LogP contribution >= 0.6 is 0 Å². The first-order valence-corrected chi connectivity index (χ1v) is 3.86. The zero-order valence-corrected chi connectivity index (χ0v) is 7.10. The van der Waals surface area contributed by atoms with E-state index in [0.29, 0.717) is 0 Å². The molecule has 0 saturated carbocycles. The molecule has 0 bridgehead atoms. The van der Waals surface area contributed by atoms with E-state index in [1.165, 1.54) is 12.1 Å². The molecule has 0 aliphatic rings. The Balaban J connectivity index is 3.18. The summed E-state index contributed by atoms with van der Waals surface area (Å²) in [6, 6.07) is 3.85. The first kappa shape index (κ1) is 10.1. The molecular formula is C8H9BF3N. The molecule has 1 nitrogen and oxygen atoms in total. The molecule has 0 unspecified atom stereocenters. The van der Waals surface area contributed by atoms with Crippen LogP contribution in [0, 0.1) is 5.82 Å². The van der Waals surface area contributed by atoms with Crippen LogP contribution in [-0.2, 0) is 0 Å². The normalized spacial score (nSPS) is 13.3. The summed E-state index contributed by atoms with van der Waals surface area (Å²) in [5.41, 5.74) is 4.93. The van der Waals surface area contributed by atoms with Crippen LogP contribution in [0.2, 0.25) is 0 Å². The van der Waals surface area contributed by atoms with Gasteiger partial charge in [0.1, 0.15) is 13.7 Å². The summed E-state index contributed by atoms with van der Waals surface area (Å²) in [5.74, 6) is -1.47. The lowest BCUT2D eigenvalue weighted by Gasteiger charge is -2.09. The SMILES string of the molecule is B[C@@H](N)c1cccc(C(F)F)c1F. The number of rotatable bonds is 2. The van der Waals surface area contributed by atoms with Crippen LogP contribution in [0.1, 0.15) is 23.5 Å². The molecule has 0 saturated heterocycles. The lowest BCUT2D eigenvalue weighted by atomic mass is 9.89. The van der Waals surface area contributed by atoms with Crippen molar-refractivity contribution in [1.29, 1.82) is 0 Å². The van der Waals surface area contributed by atoms with Crippen LogP contribution in [-0.4, -0.2) is 7.85 Å². The van der Waals surface area contributed by atoms with E-state index in [-0.39, 0.29) is 5.56 Å². The molecule has 0 aromatic heterocycles. The number of hydrogen-bond acceptors (Lipinski definition) is 1. The van der Waals surface area contributed by atoms with E-state index in [1.807, 2.05) is 0 Å². The fourth-order valence-corrected chi connectivity index (χ4v) is 1.09. The van der Waals surface area contributed by atoms with Crippen LogP contribution in [0.3, 0.4) is 0 Å². The molecule has 1 atom stereocenters. The summed E-state index contributed by atoms with van der Waals surface area (Å²) in [5, 5.41) is 0. The number of nitrogens with two attached hydrogens (primary N) is 1. The van der Waals surface area contributed by atoms with Gasteiger partial charge in [-0.15, -0.1) is 0 Å². The smallest absolute Gasteiger partial charge is 0.266 e. The Hall–Kier alpha value is -0.965. The molecule has 0 amide bonds. The summed E-state index contributed by atoms with van der Waals surface area (Å²) in [7, 11) is 1.55. The molecule has 0 aliphatic heterocycles. The largest absolute Gasteiger partial charge is 0.331 e. The second-order valence-electron chi connectivity index (χ2n) is 2.84. The first-order valence-electron chi connectivity index (χ1n) is 3.86. The van der Waals surface area contributed by atoms with Crippen molar-refractivity contribution in [3.63, 3.8) is 0 Å². The summed E-state index contributed by atoms with van der Waals surface area (Å²) < 4.78 is 37.6. The lowest BCUT2D eigenvalue weighted by molar-refractivity contribution is 0.146. The van der Waals surface area contributed by atoms with Gasteiger partial charge in [-0.2, -0.15) is 0 Å². The molecule has 13 heavy (non-hydrogen) atoms. The van der Waals surface area contributed by atoms with E-state index < -0.39 is 23.7 Å². The average Bonchev–Trinajstić information content (AvgIpc) is 2.03. The van der Waals surface area contributed by atoms with Gasteiger partial charge in [0.15, 0.2) is 0 Å². The van der Waals surface area contributed by atoms with Gasteiger partial charge in [0.2, 0.25) is 0 Å². The maximum absolute atomic E-state index is 13.2. The predicted molar refractivity (Wildman–Crippen MR) is 46.8 cm³/mol. The Kier molecular flexibility index (Phi) is 2.98. The topological polar surface area (TPSA) is 26.0 Å². The molecule has 2 N–H and O–H groups in total. The number of alkyl halides is 2. The molecule has 0 fully saturated rings. The Morgan fingerprint density at radius 3 is 2.23 bits per heavy atom. The quantitative estimate of drug-likeness (QED) is 0.694. The highest BCUT2D eigenvalue weighted by Gasteiger charge is 2.17. The second kappa shape index (κ2) is 3.83. The number of halogens is 3. The van der Waals surface area contributed by atoms with E-state index in [0.717, 1.165) is 6.07 Å². The van der Waals surface area contributed by atoms with E-state index in [1.54, 1.807) is 7.85 Å². The Morgan fingerprint density at radius 2 is 1.77 bits per heavy atom. The third-order valence-corrected chi connectivity index (χ3v) is 1.78. The number of benzene rings is 1. The maximum atomic E-state index is 13.2. The van der Waals surface area contributed by atoms with Gasteiger partial charge in [0.05, 0.1) is 5.56 Å². The molecule has 1 rings (SSSR count). The van der Waals surface area contributed by atoms with Crippen molar-refractivity contribution in [2.75, 3.05) is 0 Å². The summed E-state index contributed by atoms with van der Waals surface area (Å²) >= 11 is 0. The Labute approximate surface area is 75.1 Å². The fraction of sp³-hybridized carbons (Fsp3) is 0.250. The van der Waals surface area contributed by atoms with E-state index in [4.69, 9.17) is 5.73 Å². The van der Waals surface area contributed by atoms with E-state index >= 15 is 0 Å². The van der Waals surface area contributed by atoms with Crippen molar-refractivity contribution < 1.29 is 13.2 Å². The van der Waals surface area contributed by atoms with Crippen molar-refractivity contribution in [2.24, 2.45) is 5.73 Å². The van der Waals surface area contributed by atoms with Gasteiger partial charge in [-0.1, -0.05) is 18.2 Å². The van der Waals surface area contributed by atoms with Gasteiger partial charge in [0.25, 0.3) is 6.43 Å². The van der Waals surface area contributed by atoms with Crippen molar-refractivity contribution in [2.45, 2.75) is 12.4 Å². The minimum absolute atomic E-state index is 0.123. The van der Waals surface area contributed by atoms with E-state index in [9.17, 15) is 13.2 Å². The van der Waals surface area contributed by atoms with Crippen molar-refractivity contribution >= 4 is 7.85 Å². The highest BCUT2D eigenvalue weighted by atomic mass is 19.3. The Morgan fingerprint density at radius 1 is 1.23 bits per heavy atom. The zero-order valence-electron chi connectivity index (χ0n) is 7.10. The highest BCUT2D eigenvalue weighted by molar-refractivity contribution is 6.11. The fourth-order valence-electron chi connectivity index (χ4n) is 1.09. The highest BCUT2D eigenvalue weighted by Crippen LogP contribution is 2.25. The summed E-state index contributed by atoms with van der Waals surface area (Å²) in [4.78, 5) is 0. The van der Waals surface area contributed by atoms with Gasteiger partial charge in [-0.05, 0) is 11.5 Å². The average molecular weight is 187 g/mol. The standard InChI is InChI=1S/C8H9BF3N/c9-7(13)4-2-1-3-5(6(4)10)8(11)12/h1-3,7-8H,9,13H2/t7-/m0/s1. The molecule has 70 valence electrons. The third-order valence-electron chi connectivity index (χ3n) is 1.78. The molecule has 0 radical (unpaired) electrons. The summed E-state index contributed by atoms with van der Waals surface area (Å²) in [6.45, 7) is 0. The minimum atomic E-state index is -2.79. The predicted octanol–water partition coefficient (Wildman–Crippen LogP) is 1.35. The van der Waals surface area contributed by atoms with Gasteiger partial charge < -0.3 is 5.73 Å². The van der Waals surface area contributed by atoms with Crippen LogP contribution in [0.4, 0.5) is 13.2 Å². The third kappa shape index (κ3) is 2.04. The molecule has 1 aromatic carbocycles. The van der Waals surface area contributed by atoms with Crippen LogP contribution in [0.5, 0.6) is 0 Å². The van der Waals surface area contributed by atoms with Crippen LogP contribution in [0.15, 0.2) is 18.2 Å². The Bertz CT molecular complexity index is 275. The summed E-state index contributed by atoms with van der Waals surface area (Å²) in [6.07, 6.45) is -2.79. The molecule has 0 spiro atoms. The van der Waals surface area contributed by atoms with Crippen molar-refractivity contribution in [1.82, 2.24) is 0 Å². The maximum Gasteiger partial charge on any atom is 0.266 e. The van der Waals surface area contributed by atoms with Gasteiger partial charge in [0, 0.05) is 0 Å². The molecule has 0 aliphatic carbocycles. The van der Waals surface area contributed by atoms with Gasteiger partial charge >= 0.3 is 0 Å². The molecule has 0 heterocycles. The monoisotopic (exact) mass is 187 g/mol. The second-order valence-corrected chi connectivity index (χ2v) is 2.84. The van der Waals surface area contributed by atoms with Gasteiger partial charge in [-0.25, -0.2) is 13.2 Å². The zero-order chi connectivity index (χ0) is 10.0. The first-order chi connectivity index (χ1) is 6.04. The molecule has 1 aromatic rings. The van der Waals surface area contributed by atoms with Crippen LogP contribution in [0.25, 0.3) is 0 Å². The van der Waals surface area contributed by atoms with Crippen molar-refractivity contribution in [3.8, 4) is 0 Å². The van der Waals surface area contributed by atoms with Crippen molar-refractivity contribution in [3.05, 3.63) is 35.1 Å². The lowest BCUT2D eigenvalue weighted by Crippen LogP contribution is -2.12. The molecular weight excluding hydrogens is 178 g/mol. The van der Waals surface area contributed by atoms with E-state index in [2.05, 4.69) is 0 Å². The molecule has 5 heteroatoms. The van der Waals surface area contributed by atoms with Crippen LogP contribution < -0.4 is 5.73 Å².